The van der Waals surface area contributed by atoms with Gasteiger partial charge < -0.3 is 0 Å². The van der Waals surface area contributed by atoms with Gasteiger partial charge in [0, 0.05) is 0 Å². The van der Waals surface area contributed by atoms with Crippen molar-refractivity contribution in [2.45, 2.75) is 78.3 Å². The third kappa shape index (κ3) is 4.04. The van der Waals surface area contributed by atoms with Crippen LogP contribution in [0.15, 0.2) is 0 Å². The Bertz CT molecular complexity index is 234. The SMILES string of the molecule is CC(C)[P+](Cl)(C(C)C)N([Si](C)(C)C)[Si](C)(C)C. The van der Waals surface area contributed by atoms with Gasteiger partial charge in [-0.05, 0) is 27.7 Å². The summed E-state index contributed by atoms with van der Waals surface area (Å²) in [5.74, 6) is 0. The summed E-state index contributed by atoms with van der Waals surface area (Å²) in [7, 11) is -2.74. The molecule has 1 nitrogen and oxygen atoms in total. The van der Waals surface area contributed by atoms with Crippen LogP contribution in [0.4, 0.5) is 0 Å². The van der Waals surface area contributed by atoms with E-state index in [-0.39, 0.29) is 0 Å². The first-order valence-corrected chi connectivity index (χ1v) is 16.3. The molecule has 0 aliphatic heterocycles. The second kappa shape index (κ2) is 5.62. The molecule has 0 atom stereocenters. The first-order chi connectivity index (χ1) is 7.25. The quantitative estimate of drug-likeness (QED) is 0.454. The van der Waals surface area contributed by atoms with Crippen LogP contribution in [0, 0.1) is 0 Å². The molecule has 0 aromatic heterocycles. The summed E-state index contributed by atoms with van der Waals surface area (Å²) >= 11 is 7.25. The highest BCUT2D eigenvalue weighted by Gasteiger charge is 2.58. The molecule has 0 aliphatic carbocycles. The lowest BCUT2D eigenvalue weighted by molar-refractivity contribution is 0.864. The molecule has 104 valence electrons. The number of hydrogen-bond acceptors (Lipinski definition) is 1. The molecule has 0 fully saturated rings. The molecule has 0 aromatic carbocycles. The zero-order chi connectivity index (χ0) is 14.2. The molecule has 0 bridgehead atoms. The maximum Gasteiger partial charge on any atom is 0.173 e. The van der Waals surface area contributed by atoms with Crippen molar-refractivity contribution in [3.05, 3.63) is 0 Å². The summed E-state index contributed by atoms with van der Waals surface area (Å²) in [6.07, 6.45) is 0. The maximum absolute atomic E-state index is 7.25. The van der Waals surface area contributed by atoms with Crippen LogP contribution >= 0.6 is 18.0 Å². The predicted molar refractivity (Wildman–Crippen MR) is 91.6 cm³/mol. The van der Waals surface area contributed by atoms with Gasteiger partial charge in [-0.25, -0.2) is 4.00 Å². The summed E-state index contributed by atoms with van der Waals surface area (Å²) in [5, 5.41) is 0. The standard InChI is InChI=1S/C12H32ClNPSi2/c1-11(2)15(13,12(3)4)14(16(5,6)7)17(8,9)10/h11-12H,1-10H3/q+1. The van der Waals surface area contributed by atoms with E-state index in [0.717, 1.165) is 0 Å². The molecule has 0 N–H and O–H groups in total. The fraction of sp³-hybridized carbons (Fsp3) is 1.00. The van der Waals surface area contributed by atoms with Gasteiger partial charge >= 0.3 is 0 Å². The minimum absolute atomic E-state index is 0.586. The Kier molecular flexibility index (Phi) is 5.99. The van der Waals surface area contributed by atoms with Gasteiger partial charge in [-0.3, -0.25) is 0 Å². The predicted octanol–water partition coefficient (Wildman–Crippen LogP) is 5.86. The van der Waals surface area contributed by atoms with Crippen molar-refractivity contribution < 1.29 is 0 Å². The largest absolute Gasteiger partial charge is 0.214 e. The van der Waals surface area contributed by atoms with Crippen molar-refractivity contribution in [2.75, 3.05) is 0 Å². The van der Waals surface area contributed by atoms with Crippen LogP contribution < -0.4 is 0 Å². The smallest absolute Gasteiger partial charge is 0.173 e. The van der Waals surface area contributed by atoms with Gasteiger partial charge in [0.05, 0.1) is 11.3 Å². The molecular weight excluding hydrogens is 281 g/mol. The van der Waals surface area contributed by atoms with Gasteiger partial charge in [0.25, 0.3) is 0 Å². The lowest BCUT2D eigenvalue weighted by Gasteiger charge is -2.49. The van der Waals surface area contributed by atoms with Crippen molar-refractivity contribution in [1.29, 1.82) is 0 Å². The van der Waals surface area contributed by atoms with Crippen molar-refractivity contribution in [3.63, 3.8) is 0 Å². The fourth-order valence-corrected chi connectivity index (χ4v) is 27.4. The van der Waals surface area contributed by atoms with Gasteiger partial charge in [-0.2, -0.15) is 0 Å². The number of halogens is 1. The summed E-state index contributed by atoms with van der Waals surface area (Å²) in [6, 6.07) is 0. The molecule has 0 aromatic rings. The molecule has 0 heterocycles. The molecule has 0 saturated heterocycles. The first-order valence-electron chi connectivity index (χ1n) is 6.64. The van der Waals surface area contributed by atoms with Crippen molar-refractivity contribution in [2.24, 2.45) is 0 Å². The average Bonchev–Trinajstić information content (AvgIpc) is 1.96. The molecule has 0 radical (unpaired) electrons. The number of rotatable bonds is 5. The molecule has 0 rings (SSSR count). The van der Waals surface area contributed by atoms with Gasteiger partial charge in [0.15, 0.2) is 23.2 Å². The Morgan fingerprint density at radius 3 is 1.06 bits per heavy atom. The highest BCUT2D eigenvalue weighted by Crippen LogP contribution is 2.76. The summed E-state index contributed by atoms with van der Waals surface area (Å²) in [6.45, 7) is 22.4. The third-order valence-corrected chi connectivity index (χ3v) is 22.2. The highest BCUT2D eigenvalue weighted by molar-refractivity contribution is 8.00. The van der Waals surface area contributed by atoms with Crippen molar-refractivity contribution >= 4 is 34.5 Å². The van der Waals surface area contributed by atoms with Crippen LogP contribution in [0.3, 0.4) is 0 Å². The molecular formula is C12H32ClNPSi2+. The van der Waals surface area contributed by atoms with Crippen LogP contribution in [0.1, 0.15) is 27.7 Å². The molecule has 0 unspecified atom stereocenters. The normalized spacial score (nSPS) is 15.2. The van der Waals surface area contributed by atoms with Crippen LogP contribution in [0.5, 0.6) is 0 Å². The van der Waals surface area contributed by atoms with Crippen molar-refractivity contribution in [1.82, 2.24) is 4.00 Å². The monoisotopic (exact) mass is 312 g/mol. The van der Waals surface area contributed by atoms with Crippen LogP contribution in [-0.2, 0) is 0 Å². The minimum atomic E-state index is -1.54. The lowest BCUT2D eigenvalue weighted by atomic mass is 10.5. The Hall–Kier alpha value is 1.11. The van der Waals surface area contributed by atoms with E-state index in [2.05, 4.69) is 71.0 Å². The van der Waals surface area contributed by atoms with E-state index in [1.54, 1.807) is 0 Å². The van der Waals surface area contributed by atoms with Gasteiger partial charge in [-0.15, -0.1) is 0 Å². The number of hydrogen-bond donors (Lipinski definition) is 0. The molecule has 5 heteroatoms. The lowest BCUT2D eigenvalue weighted by Crippen LogP contribution is -2.59. The first kappa shape index (κ1) is 18.1. The second-order valence-electron chi connectivity index (χ2n) is 7.49. The zero-order valence-corrected chi connectivity index (χ0v) is 17.1. The maximum atomic E-state index is 7.25. The van der Waals surface area contributed by atoms with E-state index >= 15 is 0 Å². The zero-order valence-electron chi connectivity index (χ0n) is 13.4. The molecule has 0 amide bonds. The van der Waals surface area contributed by atoms with Gasteiger partial charge in [-0.1, -0.05) is 39.3 Å². The third-order valence-electron chi connectivity index (χ3n) is 3.03. The van der Waals surface area contributed by atoms with Crippen LogP contribution in [0.2, 0.25) is 39.3 Å². The Morgan fingerprint density at radius 2 is 1.00 bits per heavy atom. The highest BCUT2D eigenvalue weighted by atomic mass is 35.7. The molecule has 0 aliphatic rings. The van der Waals surface area contributed by atoms with Gasteiger partial charge in [0.2, 0.25) is 0 Å². The minimum Gasteiger partial charge on any atom is -0.214 e. The molecule has 0 saturated carbocycles. The summed E-state index contributed by atoms with van der Waals surface area (Å²) in [4.78, 5) is 0. The second-order valence-corrected chi connectivity index (χ2v) is 23.7. The average molecular weight is 313 g/mol. The number of nitrogens with zero attached hydrogens (tertiary/aromatic N) is 1. The Balaban J connectivity index is 5.74. The molecule has 0 spiro atoms. The molecule has 17 heavy (non-hydrogen) atoms. The van der Waals surface area contributed by atoms with Crippen LogP contribution in [-0.4, -0.2) is 31.8 Å². The van der Waals surface area contributed by atoms with E-state index in [4.69, 9.17) is 11.2 Å². The van der Waals surface area contributed by atoms with E-state index in [9.17, 15) is 0 Å². The van der Waals surface area contributed by atoms with Crippen LogP contribution in [0.25, 0.3) is 0 Å². The van der Waals surface area contributed by atoms with Gasteiger partial charge in [0.1, 0.15) is 11.2 Å². The van der Waals surface area contributed by atoms with E-state index in [0.29, 0.717) is 11.3 Å². The summed E-state index contributed by atoms with van der Waals surface area (Å²) in [5.41, 5.74) is 1.17. The Labute approximate surface area is 117 Å². The Morgan fingerprint density at radius 1 is 0.765 bits per heavy atom. The fourth-order valence-electron chi connectivity index (χ4n) is 2.98. The summed E-state index contributed by atoms with van der Waals surface area (Å²) < 4.78 is 2.86. The topological polar surface area (TPSA) is 3.24 Å². The van der Waals surface area contributed by atoms with Crippen molar-refractivity contribution in [3.8, 4) is 0 Å². The van der Waals surface area contributed by atoms with E-state index in [1.807, 2.05) is 0 Å². The van der Waals surface area contributed by atoms with E-state index in [1.165, 1.54) is 0 Å². The van der Waals surface area contributed by atoms with E-state index < -0.39 is 23.2 Å².